The van der Waals surface area contributed by atoms with Gasteiger partial charge in [-0.1, -0.05) is 27.2 Å². The van der Waals surface area contributed by atoms with Gasteiger partial charge >= 0.3 is 5.97 Å². The topological polar surface area (TPSA) is 41.6 Å². The summed E-state index contributed by atoms with van der Waals surface area (Å²) in [6.45, 7) is 13.2. The van der Waals surface area contributed by atoms with Crippen molar-refractivity contribution in [2.75, 3.05) is 33.3 Å². The number of hydrogen-bond acceptors (Lipinski definition) is 4. The molecule has 2 atom stereocenters. The van der Waals surface area contributed by atoms with Crippen molar-refractivity contribution in [2.24, 2.45) is 5.92 Å². The molecule has 114 valence electrons. The van der Waals surface area contributed by atoms with Crippen molar-refractivity contribution in [2.45, 2.75) is 53.0 Å². The number of rotatable bonds is 10. The van der Waals surface area contributed by atoms with Gasteiger partial charge in [0, 0.05) is 13.1 Å². The Labute approximate surface area is 118 Å². The molecule has 4 heteroatoms. The first kappa shape index (κ1) is 18.4. The monoisotopic (exact) mass is 272 g/mol. The van der Waals surface area contributed by atoms with E-state index in [1.54, 1.807) is 0 Å². The summed E-state index contributed by atoms with van der Waals surface area (Å²) in [6.07, 6.45) is 2.16. The van der Waals surface area contributed by atoms with Crippen molar-refractivity contribution in [3.05, 3.63) is 0 Å². The van der Waals surface area contributed by atoms with Crippen LogP contribution in [0.5, 0.6) is 0 Å². The van der Waals surface area contributed by atoms with Crippen molar-refractivity contribution in [3.63, 3.8) is 0 Å². The normalized spacial score (nSPS) is 16.2. The summed E-state index contributed by atoms with van der Waals surface area (Å²) in [7, 11) is 2.07. The summed E-state index contributed by atoms with van der Waals surface area (Å²) in [5.41, 5.74) is -0.617. The van der Waals surface area contributed by atoms with Crippen LogP contribution in [0.2, 0.25) is 0 Å². The van der Waals surface area contributed by atoms with Crippen molar-refractivity contribution < 1.29 is 9.53 Å². The summed E-state index contributed by atoms with van der Waals surface area (Å²) in [4.78, 5) is 14.4. The van der Waals surface area contributed by atoms with E-state index < -0.39 is 5.54 Å². The summed E-state index contributed by atoms with van der Waals surface area (Å²) < 4.78 is 5.21. The standard InChI is InChI=1S/C15H32N2O2/c1-7-10-16-15(5,14(18)19-9-3)12-17(6)11-13(4)8-2/h13,16H,7-12H2,1-6H3. The molecule has 0 rings (SSSR count). The lowest BCUT2D eigenvalue weighted by atomic mass is 10.0. The van der Waals surface area contributed by atoms with Gasteiger partial charge in [-0.2, -0.15) is 0 Å². The van der Waals surface area contributed by atoms with Crippen molar-refractivity contribution >= 4 is 5.97 Å². The lowest BCUT2D eigenvalue weighted by Gasteiger charge is -2.33. The van der Waals surface area contributed by atoms with Crippen LogP contribution >= 0.6 is 0 Å². The van der Waals surface area contributed by atoms with Crippen LogP contribution in [-0.4, -0.2) is 49.7 Å². The van der Waals surface area contributed by atoms with Gasteiger partial charge in [-0.15, -0.1) is 0 Å². The third kappa shape index (κ3) is 6.92. The Morgan fingerprint density at radius 1 is 1.37 bits per heavy atom. The molecule has 0 aromatic carbocycles. The summed E-state index contributed by atoms with van der Waals surface area (Å²) >= 11 is 0. The Balaban J connectivity index is 4.60. The highest BCUT2D eigenvalue weighted by Crippen LogP contribution is 2.11. The van der Waals surface area contributed by atoms with Crippen LogP contribution in [0.4, 0.5) is 0 Å². The fourth-order valence-corrected chi connectivity index (χ4v) is 2.15. The first-order valence-electron chi connectivity index (χ1n) is 7.50. The largest absolute Gasteiger partial charge is 0.465 e. The average Bonchev–Trinajstić information content (AvgIpc) is 2.36. The predicted octanol–water partition coefficient (Wildman–Crippen LogP) is 2.29. The predicted molar refractivity (Wildman–Crippen MR) is 80.3 cm³/mol. The van der Waals surface area contributed by atoms with Crippen molar-refractivity contribution in [1.29, 1.82) is 0 Å². The smallest absolute Gasteiger partial charge is 0.327 e. The molecular weight excluding hydrogens is 240 g/mol. The molecule has 0 aliphatic carbocycles. The quantitative estimate of drug-likeness (QED) is 0.620. The number of esters is 1. The zero-order valence-corrected chi connectivity index (χ0v) is 13.6. The second-order valence-corrected chi connectivity index (χ2v) is 5.69. The third-order valence-electron chi connectivity index (χ3n) is 3.40. The first-order chi connectivity index (χ1) is 8.89. The van der Waals surface area contributed by atoms with Gasteiger partial charge in [-0.05, 0) is 39.8 Å². The highest BCUT2D eigenvalue weighted by molar-refractivity contribution is 5.80. The van der Waals surface area contributed by atoms with Gasteiger partial charge in [0.25, 0.3) is 0 Å². The zero-order chi connectivity index (χ0) is 14.9. The summed E-state index contributed by atoms with van der Waals surface area (Å²) in [6, 6.07) is 0. The molecule has 2 unspecified atom stereocenters. The molecule has 0 saturated carbocycles. The maximum Gasteiger partial charge on any atom is 0.327 e. The van der Waals surface area contributed by atoms with Gasteiger partial charge in [0.2, 0.25) is 0 Å². The molecule has 0 bridgehead atoms. The molecular formula is C15H32N2O2. The van der Waals surface area contributed by atoms with Crippen LogP contribution in [0.15, 0.2) is 0 Å². The molecule has 4 nitrogen and oxygen atoms in total. The van der Waals surface area contributed by atoms with Gasteiger partial charge in [-0.3, -0.25) is 4.79 Å². The van der Waals surface area contributed by atoms with Gasteiger partial charge in [0.05, 0.1) is 6.61 Å². The van der Waals surface area contributed by atoms with Crippen LogP contribution in [0, 0.1) is 5.92 Å². The van der Waals surface area contributed by atoms with E-state index in [0.717, 1.165) is 25.9 Å². The molecule has 0 heterocycles. The summed E-state index contributed by atoms with van der Waals surface area (Å²) in [5, 5.41) is 3.34. The molecule has 0 aliphatic heterocycles. The SMILES string of the molecule is CCCNC(C)(CN(C)CC(C)CC)C(=O)OCC. The van der Waals surface area contributed by atoms with E-state index in [2.05, 4.69) is 38.0 Å². The molecule has 0 fully saturated rings. The van der Waals surface area contributed by atoms with Crippen LogP contribution < -0.4 is 5.32 Å². The minimum absolute atomic E-state index is 0.153. The van der Waals surface area contributed by atoms with Gasteiger partial charge in [0.15, 0.2) is 0 Å². The molecule has 0 saturated heterocycles. The molecule has 0 aliphatic rings. The Kier molecular flexibility index (Phi) is 9.02. The number of carbonyl (C=O) groups excluding carboxylic acids is 1. The number of hydrogen-bond donors (Lipinski definition) is 1. The lowest BCUT2D eigenvalue weighted by molar-refractivity contribution is -0.151. The van der Waals surface area contributed by atoms with Crippen molar-refractivity contribution in [1.82, 2.24) is 10.2 Å². The zero-order valence-electron chi connectivity index (χ0n) is 13.6. The number of carbonyl (C=O) groups is 1. The molecule has 0 amide bonds. The molecule has 0 aromatic rings. The second kappa shape index (κ2) is 9.32. The van der Waals surface area contributed by atoms with Gasteiger partial charge in [-0.25, -0.2) is 0 Å². The molecule has 0 radical (unpaired) electrons. The number of ether oxygens (including phenoxy) is 1. The Morgan fingerprint density at radius 3 is 2.47 bits per heavy atom. The number of nitrogens with zero attached hydrogens (tertiary/aromatic N) is 1. The van der Waals surface area contributed by atoms with Gasteiger partial charge < -0.3 is 15.0 Å². The Morgan fingerprint density at radius 2 is 2.00 bits per heavy atom. The average molecular weight is 272 g/mol. The van der Waals surface area contributed by atoms with Gasteiger partial charge in [0.1, 0.15) is 5.54 Å². The van der Waals surface area contributed by atoms with Crippen LogP contribution in [0.1, 0.15) is 47.5 Å². The Bertz CT molecular complexity index is 259. The fourth-order valence-electron chi connectivity index (χ4n) is 2.15. The maximum absolute atomic E-state index is 12.2. The summed E-state index contributed by atoms with van der Waals surface area (Å²) in [5.74, 6) is 0.488. The highest BCUT2D eigenvalue weighted by atomic mass is 16.5. The third-order valence-corrected chi connectivity index (χ3v) is 3.40. The van der Waals surface area contributed by atoms with E-state index in [0.29, 0.717) is 19.1 Å². The highest BCUT2D eigenvalue weighted by Gasteiger charge is 2.35. The minimum atomic E-state index is -0.617. The molecule has 19 heavy (non-hydrogen) atoms. The van der Waals surface area contributed by atoms with Crippen LogP contribution in [0.25, 0.3) is 0 Å². The van der Waals surface area contributed by atoms with E-state index in [4.69, 9.17) is 4.74 Å². The van der Waals surface area contributed by atoms with E-state index in [-0.39, 0.29) is 5.97 Å². The minimum Gasteiger partial charge on any atom is -0.465 e. The van der Waals surface area contributed by atoms with Crippen molar-refractivity contribution in [3.8, 4) is 0 Å². The van der Waals surface area contributed by atoms with E-state index >= 15 is 0 Å². The maximum atomic E-state index is 12.2. The van der Waals surface area contributed by atoms with E-state index in [1.165, 1.54) is 0 Å². The number of likely N-dealkylation sites (N-methyl/N-ethyl adjacent to an activating group) is 1. The van der Waals surface area contributed by atoms with E-state index in [9.17, 15) is 4.79 Å². The molecule has 0 aromatic heterocycles. The van der Waals surface area contributed by atoms with Crippen LogP contribution in [-0.2, 0) is 9.53 Å². The molecule has 0 spiro atoms. The fraction of sp³-hybridized carbons (Fsp3) is 0.933. The number of nitrogens with one attached hydrogen (secondary N) is 1. The lowest BCUT2D eigenvalue weighted by Crippen LogP contribution is -2.57. The van der Waals surface area contributed by atoms with E-state index in [1.807, 2.05) is 13.8 Å². The van der Waals surface area contributed by atoms with Crippen LogP contribution in [0.3, 0.4) is 0 Å². The Hall–Kier alpha value is -0.610. The molecule has 1 N–H and O–H groups in total. The second-order valence-electron chi connectivity index (χ2n) is 5.69. The first-order valence-corrected chi connectivity index (χ1v) is 7.50.